The Morgan fingerprint density at radius 1 is 1.50 bits per heavy atom. The largest absolute Gasteiger partial charge is 0.451 e. The van der Waals surface area contributed by atoms with E-state index in [1.807, 2.05) is 24.3 Å². The molecule has 1 amide bonds. The normalized spacial score (nSPS) is 12.6. The van der Waals surface area contributed by atoms with Gasteiger partial charge in [0.25, 0.3) is 5.91 Å². The molecule has 4 heteroatoms. The molecule has 0 radical (unpaired) electrons. The lowest BCUT2D eigenvalue weighted by atomic mass is 10.2. The van der Waals surface area contributed by atoms with Crippen LogP contribution in [0.15, 0.2) is 34.7 Å². The van der Waals surface area contributed by atoms with Crippen LogP contribution in [0.5, 0.6) is 0 Å². The van der Waals surface area contributed by atoms with E-state index in [9.17, 15) is 4.79 Å². The molecule has 0 saturated carbocycles. The van der Waals surface area contributed by atoms with Crippen molar-refractivity contribution in [3.05, 3.63) is 36.1 Å². The van der Waals surface area contributed by atoms with Crippen molar-refractivity contribution in [2.45, 2.75) is 13.0 Å². The van der Waals surface area contributed by atoms with E-state index < -0.39 is 0 Å². The zero-order valence-electron chi connectivity index (χ0n) is 8.93. The Balaban J connectivity index is 2.23. The fourth-order valence-electron chi connectivity index (χ4n) is 1.43. The molecule has 1 heterocycles. The molecule has 0 unspecified atom stereocenters. The van der Waals surface area contributed by atoms with Crippen molar-refractivity contribution in [2.75, 3.05) is 6.61 Å². The van der Waals surface area contributed by atoms with E-state index in [0.29, 0.717) is 5.58 Å². The van der Waals surface area contributed by atoms with Crippen LogP contribution in [0.4, 0.5) is 0 Å². The van der Waals surface area contributed by atoms with Crippen molar-refractivity contribution < 1.29 is 14.3 Å². The Labute approximate surface area is 92.9 Å². The summed E-state index contributed by atoms with van der Waals surface area (Å²) in [4.78, 5) is 11.7. The summed E-state index contributed by atoms with van der Waals surface area (Å²) >= 11 is 0. The number of furan rings is 1. The number of carbonyl (C=O) groups excluding carboxylic acids is 1. The molecule has 0 fully saturated rings. The highest BCUT2D eigenvalue weighted by molar-refractivity contribution is 5.96. The molecule has 0 bridgehead atoms. The summed E-state index contributed by atoms with van der Waals surface area (Å²) in [6, 6.07) is 8.84. The van der Waals surface area contributed by atoms with Gasteiger partial charge in [-0.05, 0) is 19.1 Å². The molecular weight excluding hydrogens is 206 g/mol. The standard InChI is InChI=1S/C12H13NO3/c1-8(7-14)13-12(15)11-6-9-4-2-3-5-10(9)16-11/h2-6,8,14H,7H2,1H3,(H,13,15)/t8-/m0/s1. The number of hydrogen-bond donors (Lipinski definition) is 2. The average molecular weight is 219 g/mol. The van der Waals surface area contributed by atoms with Gasteiger partial charge in [0, 0.05) is 11.4 Å². The number of fused-ring (bicyclic) bond motifs is 1. The minimum atomic E-state index is -0.308. The number of para-hydroxylation sites is 1. The summed E-state index contributed by atoms with van der Waals surface area (Å²) in [5.74, 6) is -0.0424. The number of aliphatic hydroxyl groups excluding tert-OH is 1. The average Bonchev–Trinajstić information content (AvgIpc) is 2.72. The first-order chi connectivity index (χ1) is 7.70. The quantitative estimate of drug-likeness (QED) is 0.823. The van der Waals surface area contributed by atoms with Crippen LogP contribution in [0.3, 0.4) is 0 Å². The maximum Gasteiger partial charge on any atom is 0.287 e. The molecule has 2 rings (SSSR count). The van der Waals surface area contributed by atoms with Crippen LogP contribution >= 0.6 is 0 Å². The van der Waals surface area contributed by atoms with Crippen molar-refractivity contribution in [3.8, 4) is 0 Å². The van der Waals surface area contributed by atoms with Gasteiger partial charge in [-0.15, -0.1) is 0 Å². The van der Waals surface area contributed by atoms with E-state index >= 15 is 0 Å². The Hall–Kier alpha value is -1.81. The van der Waals surface area contributed by atoms with Crippen LogP contribution in [0, 0.1) is 0 Å². The Morgan fingerprint density at radius 2 is 2.25 bits per heavy atom. The van der Waals surface area contributed by atoms with E-state index in [1.165, 1.54) is 0 Å². The van der Waals surface area contributed by atoms with Gasteiger partial charge in [-0.2, -0.15) is 0 Å². The Morgan fingerprint density at radius 3 is 2.94 bits per heavy atom. The molecule has 4 nitrogen and oxygen atoms in total. The predicted molar refractivity (Wildman–Crippen MR) is 60.2 cm³/mol. The van der Waals surface area contributed by atoms with Gasteiger partial charge in [-0.1, -0.05) is 18.2 Å². The second-order valence-corrected chi connectivity index (χ2v) is 3.71. The Kier molecular flexibility index (Phi) is 2.92. The summed E-state index contributed by atoms with van der Waals surface area (Å²) in [7, 11) is 0. The van der Waals surface area contributed by atoms with Crippen LogP contribution < -0.4 is 5.32 Å². The smallest absolute Gasteiger partial charge is 0.287 e. The summed E-state index contributed by atoms with van der Waals surface area (Å²) < 4.78 is 5.38. The number of nitrogens with one attached hydrogen (secondary N) is 1. The fourth-order valence-corrected chi connectivity index (χ4v) is 1.43. The third kappa shape index (κ3) is 2.06. The zero-order chi connectivity index (χ0) is 11.5. The van der Waals surface area contributed by atoms with Crippen molar-refractivity contribution in [3.63, 3.8) is 0 Å². The molecular formula is C12H13NO3. The van der Waals surface area contributed by atoms with Gasteiger partial charge in [0.05, 0.1) is 6.61 Å². The topological polar surface area (TPSA) is 62.5 Å². The second kappa shape index (κ2) is 4.37. The first kappa shape index (κ1) is 10.7. The molecule has 0 aliphatic rings. The highest BCUT2D eigenvalue weighted by atomic mass is 16.3. The summed E-state index contributed by atoms with van der Waals surface area (Å²) in [5, 5.41) is 12.3. The monoisotopic (exact) mass is 219 g/mol. The van der Waals surface area contributed by atoms with Crippen LogP contribution in [-0.4, -0.2) is 23.7 Å². The number of hydrogen-bond acceptors (Lipinski definition) is 3. The molecule has 16 heavy (non-hydrogen) atoms. The van der Waals surface area contributed by atoms with Gasteiger partial charge in [0.1, 0.15) is 5.58 Å². The first-order valence-electron chi connectivity index (χ1n) is 5.11. The summed E-state index contributed by atoms with van der Waals surface area (Å²) in [6.07, 6.45) is 0. The van der Waals surface area contributed by atoms with Gasteiger partial charge in [-0.3, -0.25) is 4.79 Å². The van der Waals surface area contributed by atoms with Gasteiger partial charge in [-0.25, -0.2) is 0 Å². The first-order valence-corrected chi connectivity index (χ1v) is 5.11. The number of benzene rings is 1. The molecule has 1 atom stereocenters. The number of rotatable bonds is 3. The van der Waals surface area contributed by atoms with Crippen LogP contribution in [0.2, 0.25) is 0 Å². The molecule has 0 saturated heterocycles. The van der Waals surface area contributed by atoms with Crippen molar-refractivity contribution in [1.29, 1.82) is 0 Å². The third-order valence-electron chi connectivity index (χ3n) is 2.30. The highest BCUT2D eigenvalue weighted by Crippen LogP contribution is 2.18. The van der Waals surface area contributed by atoms with E-state index in [4.69, 9.17) is 9.52 Å². The van der Waals surface area contributed by atoms with Crippen molar-refractivity contribution >= 4 is 16.9 Å². The van der Waals surface area contributed by atoms with Crippen LogP contribution in [-0.2, 0) is 0 Å². The van der Waals surface area contributed by atoms with Crippen LogP contribution in [0.1, 0.15) is 17.5 Å². The lowest BCUT2D eigenvalue weighted by Crippen LogP contribution is -2.34. The second-order valence-electron chi connectivity index (χ2n) is 3.71. The highest BCUT2D eigenvalue weighted by Gasteiger charge is 2.13. The number of amides is 1. The SMILES string of the molecule is C[C@@H](CO)NC(=O)c1cc2ccccc2o1. The molecule has 2 N–H and O–H groups in total. The van der Waals surface area contributed by atoms with E-state index in [-0.39, 0.29) is 24.3 Å². The van der Waals surface area contributed by atoms with Gasteiger partial charge in [0.2, 0.25) is 0 Å². The van der Waals surface area contributed by atoms with Crippen LogP contribution in [0.25, 0.3) is 11.0 Å². The van der Waals surface area contributed by atoms with Crippen molar-refractivity contribution in [1.82, 2.24) is 5.32 Å². The van der Waals surface area contributed by atoms with Gasteiger partial charge in [0.15, 0.2) is 5.76 Å². The number of carbonyl (C=O) groups is 1. The molecule has 2 aromatic rings. The summed E-state index contributed by atoms with van der Waals surface area (Å²) in [6.45, 7) is 1.63. The predicted octanol–water partition coefficient (Wildman–Crippen LogP) is 1.54. The number of aliphatic hydroxyl groups is 1. The zero-order valence-corrected chi connectivity index (χ0v) is 8.93. The molecule has 1 aromatic heterocycles. The van der Waals surface area contributed by atoms with Gasteiger partial charge < -0.3 is 14.8 Å². The maximum absolute atomic E-state index is 11.7. The third-order valence-corrected chi connectivity index (χ3v) is 2.30. The summed E-state index contributed by atoms with van der Waals surface area (Å²) in [5.41, 5.74) is 0.685. The molecule has 0 spiro atoms. The molecule has 0 aliphatic heterocycles. The van der Waals surface area contributed by atoms with E-state index in [1.54, 1.807) is 13.0 Å². The maximum atomic E-state index is 11.7. The lowest BCUT2D eigenvalue weighted by molar-refractivity contribution is 0.0896. The van der Waals surface area contributed by atoms with Crippen molar-refractivity contribution in [2.24, 2.45) is 0 Å². The van der Waals surface area contributed by atoms with Gasteiger partial charge >= 0.3 is 0 Å². The fraction of sp³-hybridized carbons (Fsp3) is 0.250. The minimum absolute atomic E-state index is 0.0913. The molecule has 1 aromatic carbocycles. The van der Waals surface area contributed by atoms with E-state index in [2.05, 4.69) is 5.32 Å². The minimum Gasteiger partial charge on any atom is -0.451 e. The Bertz CT molecular complexity index is 471. The molecule has 84 valence electrons. The molecule has 0 aliphatic carbocycles. The van der Waals surface area contributed by atoms with E-state index in [0.717, 1.165) is 5.39 Å². The lowest BCUT2D eigenvalue weighted by Gasteiger charge is -2.08.